The molecule has 3 N–H and O–H groups in total. The van der Waals surface area contributed by atoms with Crippen molar-refractivity contribution in [1.82, 2.24) is 15.2 Å². The molecule has 0 aromatic carbocycles. The van der Waals surface area contributed by atoms with E-state index in [1.807, 2.05) is 0 Å². The lowest BCUT2D eigenvalue weighted by Gasteiger charge is -1.98. The Bertz CT molecular complexity index is 466. The molecule has 72 valence electrons. The maximum atomic E-state index is 5.81. The largest absolute Gasteiger partial charge is 0.382 e. The average Bonchev–Trinajstić information content (AvgIpc) is 2.57. The highest BCUT2D eigenvalue weighted by atomic mass is 35.5. The normalized spacial score (nSPS) is 10.4. The molecule has 0 aliphatic rings. The predicted molar refractivity (Wildman–Crippen MR) is 56.3 cm³/mol. The van der Waals surface area contributed by atoms with Crippen molar-refractivity contribution in [3.05, 3.63) is 28.5 Å². The van der Waals surface area contributed by atoms with Crippen molar-refractivity contribution in [2.75, 3.05) is 5.73 Å². The molecular weight excluding hydrogens is 223 g/mol. The highest BCUT2D eigenvalue weighted by Gasteiger charge is 2.05. The Morgan fingerprint density at radius 2 is 2.07 bits per heavy atom. The molecule has 2 aromatic heterocycles. The molecule has 0 saturated carbocycles. The number of hydrogen-bond donors (Lipinski definition) is 2. The molecule has 2 rings (SSSR count). The zero-order valence-electron chi connectivity index (χ0n) is 6.96. The quantitative estimate of drug-likeness (QED) is 0.737. The summed E-state index contributed by atoms with van der Waals surface area (Å²) in [7, 11) is 0. The predicted octanol–water partition coefficient (Wildman–Crippen LogP) is 2.36. The van der Waals surface area contributed by atoms with Crippen molar-refractivity contribution < 1.29 is 0 Å². The van der Waals surface area contributed by atoms with Crippen LogP contribution in [-0.2, 0) is 0 Å². The van der Waals surface area contributed by atoms with Gasteiger partial charge < -0.3 is 5.73 Å². The van der Waals surface area contributed by atoms with Gasteiger partial charge in [0.25, 0.3) is 0 Å². The van der Waals surface area contributed by atoms with Crippen LogP contribution in [0.4, 0.5) is 5.82 Å². The Morgan fingerprint density at radius 1 is 1.29 bits per heavy atom. The van der Waals surface area contributed by atoms with E-state index in [0.717, 1.165) is 11.3 Å². The second-order valence-electron chi connectivity index (χ2n) is 2.70. The number of pyridine rings is 1. The minimum Gasteiger partial charge on any atom is -0.382 e. The second-order valence-corrected chi connectivity index (χ2v) is 3.47. The Hall–Kier alpha value is -1.26. The van der Waals surface area contributed by atoms with Crippen LogP contribution in [0.3, 0.4) is 0 Å². The van der Waals surface area contributed by atoms with Crippen LogP contribution in [0.5, 0.6) is 0 Å². The van der Waals surface area contributed by atoms with Gasteiger partial charge in [-0.1, -0.05) is 23.2 Å². The molecule has 0 spiro atoms. The molecule has 4 nitrogen and oxygen atoms in total. The smallest absolute Gasteiger partial charge is 0.147 e. The lowest BCUT2D eigenvalue weighted by Crippen LogP contribution is -1.82. The molecule has 0 aliphatic carbocycles. The number of H-pyrrole nitrogens is 1. The van der Waals surface area contributed by atoms with Crippen molar-refractivity contribution >= 4 is 29.0 Å². The van der Waals surface area contributed by atoms with Gasteiger partial charge in [0.1, 0.15) is 11.0 Å². The molecule has 14 heavy (non-hydrogen) atoms. The first-order valence-corrected chi connectivity index (χ1v) is 4.54. The van der Waals surface area contributed by atoms with Crippen LogP contribution in [0, 0.1) is 0 Å². The Kier molecular flexibility index (Phi) is 2.31. The number of anilines is 1. The summed E-state index contributed by atoms with van der Waals surface area (Å²) < 4.78 is 0. The zero-order chi connectivity index (χ0) is 10.1. The minimum atomic E-state index is 0.280. The number of aromatic amines is 1. The van der Waals surface area contributed by atoms with Gasteiger partial charge in [-0.2, -0.15) is 5.10 Å². The van der Waals surface area contributed by atoms with Gasteiger partial charge in [0, 0.05) is 17.8 Å². The third kappa shape index (κ3) is 1.66. The molecule has 0 amide bonds. The number of hydrogen-bond acceptors (Lipinski definition) is 3. The monoisotopic (exact) mass is 228 g/mol. The molecule has 2 heterocycles. The molecule has 6 heteroatoms. The molecule has 2 aromatic rings. The van der Waals surface area contributed by atoms with Crippen LogP contribution < -0.4 is 5.73 Å². The van der Waals surface area contributed by atoms with E-state index in [4.69, 9.17) is 28.9 Å². The summed E-state index contributed by atoms with van der Waals surface area (Å²) in [5.74, 6) is 0.422. The van der Waals surface area contributed by atoms with Crippen LogP contribution >= 0.6 is 23.2 Å². The summed E-state index contributed by atoms with van der Waals surface area (Å²) in [5.41, 5.74) is 7.02. The Morgan fingerprint density at radius 3 is 2.64 bits per heavy atom. The van der Waals surface area contributed by atoms with Crippen LogP contribution in [0.2, 0.25) is 10.2 Å². The summed E-state index contributed by atoms with van der Waals surface area (Å²) in [6.45, 7) is 0. The summed E-state index contributed by atoms with van der Waals surface area (Å²) in [5, 5.41) is 7.23. The lowest BCUT2D eigenvalue weighted by molar-refractivity contribution is 1.10. The van der Waals surface area contributed by atoms with Crippen LogP contribution in [0.15, 0.2) is 18.3 Å². The third-order valence-electron chi connectivity index (χ3n) is 1.70. The van der Waals surface area contributed by atoms with Gasteiger partial charge in [-0.3, -0.25) is 5.10 Å². The summed E-state index contributed by atoms with van der Waals surface area (Å²) in [4.78, 5) is 3.91. The van der Waals surface area contributed by atoms with E-state index in [0.29, 0.717) is 10.8 Å². The fourth-order valence-corrected chi connectivity index (χ4v) is 1.32. The Labute approximate surface area is 90.1 Å². The van der Waals surface area contributed by atoms with Crippen LogP contribution in [-0.4, -0.2) is 15.2 Å². The first-order chi connectivity index (χ1) is 6.66. The molecule has 0 atom stereocenters. The van der Waals surface area contributed by atoms with Gasteiger partial charge in [0.05, 0.1) is 10.7 Å². The van der Waals surface area contributed by atoms with Gasteiger partial charge in [-0.15, -0.1) is 0 Å². The maximum absolute atomic E-state index is 5.81. The van der Waals surface area contributed by atoms with Crippen molar-refractivity contribution in [2.24, 2.45) is 0 Å². The minimum absolute atomic E-state index is 0.280. The van der Waals surface area contributed by atoms with Crippen molar-refractivity contribution in [1.29, 1.82) is 0 Å². The number of nitrogens with zero attached hydrogens (tertiary/aromatic N) is 2. The standard InChI is InChI=1S/C8H6Cl2N4/c9-5-1-4(3-12-8(5)10)6-2-7(11)14-13-6/h1-3H,(H3,11,13,14). The van der Waals surface area contributed by atoms with Crippen LogP contribution in [0.1, 0.15) is 0 Å². The van der Waals surface area contributed by atoms with E-state index in [1.54, 1.807) is 18.3 Å². The first-order valence-electron chi connectivity index (χ1n) is 3.79. The van der Waals surface area contributed by atoms with Crippen molar-refractivity contribution in [3.8, 4) is 11.3 Å². The van der Waals surface area contributed by atoms with E-state index >= 15 is 0 Å². The van der Waals surface area contributed by atoms with Gasteiger partial charge in [0.15, 0.2) is 0 Å². The number of nitrogen functional groups attached to an aromatic ring is 1. The third-order valence-corrected chi connectivity index (χ3v) is 2.39. The Balaban J connectivity index is 2.47. The van der Waals surface area contributed by atoms with E-state index in [9.17, 15) is 0 Å². The van der Waals surface area contributed by atoms with Gasteiger partial charge in [-0.25, -0.2) is 4.98 Å². The van der Waals surface area contributed by atoms with Crippen molar-refractivity contribution in [3.63, 3.8) is 0 Å². The van der Waals surface area contributed by atoms with E-state index in [1.165, 1.54) is 0 Å². The number of aromatic nitrogens is 3. The molecule has 0 unspecified atom stereocenters. The topological polar surface area (TPSA) is 67.6 Å². The first kappa shape index (κ1) is 9.30. The van der Waals surface area contributed by atoms with Gasteiger partial charge >= 0.3 is 0 Å². The highest BCUT2D eigenvalue weighted by molar-refractivity contribution is 6.41. The molecule has 0 aliphatic heterocycles. The zero-order valence-corrected chi connectivity index (χ0v) is 8.47. The number of rotatable bonds is 1. The second kappa shape index (κ2) is 3.48. The van der Waals surface area contributed by atoms with Crippen molar-refractivity contribution in [2.45, 2.75) is 0 Å². The van der Waals surface area contributed by atoms with Gasteiger partial charge in [0.2, 0.25) is 0 Å². The van der Waals surface area contributed by atoms with Gasteiger partial charge in [-0.05, 0) is 6.07 Å². The molecule has 0 saturated heterocycles. The molecular formula is C8H6Cl2N4. The lowest BCUT2D eigenvalue weighted by atomic mass is 10.2. The van der Waals surface area contributed by atoms with E-state index in [2.05, 4.69) is 15.2 Å². The summed E-state index contributed by atoms with van der Waals surface area (Å²) in [6.07, 6.45) is 1.60. The number of halogens is 2. The summed E-state index contributed by atoms with van der Waals surface area (Å²) in [6, 6.07) is 3.39. The molecule has 0 radical (unpaired) electrons. The van der Waals surface area contributed by atoms with E-state index in [-0.39, 0.29) is 5.15 Å². The fourth-order valence-electron chi connectivity index (χ4n) is 1.05. The number of nitrogens with two attached hydrogens (primary N) is 1. The average molecular weight is 229 g/mol. The maximum Gasteiger partial charge on any atom is 0.147 e. The number of nitrogens with one attached hydrogen (secondary N) is 1. The summed E-state index contributed by atoms with van der Waals surface area (Å²) >= 11 is 11.5. The molecule has 0 bridgehead atoms. The van der Waals surface area contributed by atoms with Crippen LogP contribution in [0.25, 0.3) is 11.3 Å². The SMILES string of the molecule is Nc1cc(-c2cnc(Cl)c(Cl)c2)[nH]n1. The molecule has 0 fully saturated rings. The highest BCUT2D eigenvalue weighted by Crippen LogP contribution is 2.25. The fraction of sp³-hybridized carbons (Fsp3) is 0. The van der Waals surface area contributed by atoms with E-state index < -0.39 is 0 Å².